The van der Waals surface area contributed by atoms with Crippen molar-refractivity contribution in [2.45, 2.75) is 5.88 Å². The number of hydrogen-bond acceptors (Lipinski definition) is 6. The highest BCUT2D eigenvalue weighted by molar-refractivity contribution is 7.19. The number of pyridine rings is 1. The normalized spacial score (nSPS) is 11.6. The second-order valence-corrected chi connectivity index (χ2v) is 12.3. The van der Waals surface area contributed by atoms with E-state index in [4.69, 9.17) is 21.2 Å². The molecule has 8 rings (SSSR count). The highest BCUT2D eigenvalue weighted by atomic mass is 35.5. The maximum atomic E-state index is 6.52. The summed E-state index contributed by atoms with van der Waals surface area (Å²) in [5.74, 6) is 0.247. The molecule has 0 amide bonds. The van der Waals surface area contributed by atoms with Crippen LogP contribution in [-0.2, 0) is 5.88 Å². The van der Waals surface area contributed by atoms with E-state index < -0.39 is 0 Å². The van der Waals surface area contributed by atoms with Gasteiger partial charge in [0.2, 0.25) is 0 Å². The Morgan fingerprint density at radius 1 is 0.561 bits per heavy atom. The molecule has 4 aromatic carbocycles. The Morgan fingerprint density at radius 3 is 1.73 bits per heavy atom. The van der Waals surface area contributed by atoms with Crippen molar-refractivity contribution in [2.24, 2.45) is 0 Å². The van der Waals surface area contributed by atoms with Crippen molar-refractivity contribution < 1.29 is 4.63 Å². The Bertz CT molecular complexity index is 2230. The molecule has 0 radical (unpaired) electrons. The molecule has 0 unspecified atom stereocenters. The lowest BCUT2D eigenvalue weighted by molar-refractivity contribution is 0.315. The van der Waals surface area contributed by atoms with Gasteiger partial charge in [0.15, 0.2) is 5.52 Å². The fourth-order valence-electron chi connectivity index (χ4n) is 5.35. The summed E-state index contributed by atoms with van der Waals surface area (Å²) in [6.07, 6.45) is 0. The van der Waals surface area contributed by atoms with E-state index in [1.54, 1.807) is 22.7 Å². The Morgan fingerprint density at radius 2 is 1.10 bits per heavy atom. The molecule has 0 saturated carbocycles. The Labute approximate surface area is 248 Å². The molecule has 7 heteroatoms. The van der Waals surface area contributed by atoms with E-state index in [1.807, 2.05) is 0 Å². The van der Waals surface area contributed by atoms with E-state index in [0.29, 0.717) is 11.0 Å². The molecule has 0 fully saturated rings. The van der Waals surface area contributed by atoms with Crippen LogP contribution >= 0.6 is 34.3 Å². The highest BCUT2D eigenvalue weighted by Gasteiger charge is 2.23. The molecule has 8 aromatic rings. The van der Waals surface area contributed by atoms with Gasteiger partial charge in [-0.25, -0.2) is 9.61 Å². The van der Waals surface area contributed by atoms with Crippen LogP contribution in [0.4, 0.5) is 0 Å². The smallest absolute Gasteiger partial charge is 0.163 e. The van der Waals surface area contributed by atoms with Gasteiger partial charge in [-0.15, -0.1) is 34.3 Å². The van der Waals surface area contributed by atoms with E-state index in [1.165, 1.54) is 37.5 Å². The summed E-state index contributed by atoms with van der Waals surface area (Å²) in [4.78, 5) is 9.39. The zero-order valence-corrected chi connectivity index (χ0v) is 23.9. The first-order valence-electron chi connectivity index (χ1n) is 13.1. The molecular weight excluding hydrogens is 566 g/mol. The molecule has 0 aliphatic carbocycles. The molecule has 4 nitrogen and oxygen atoms in total. The van der Waals surface area contributed by atoms with Crippen LogP contribution in [0.25, 0.3) is 74.5 Å². The van der Waals surface area contributed by atoms with Crippen molar-refractivity contribution >= 4 is 66.9 Å². The summed E-state index contributed by atoms with van der Waals surface area (Å²) in [7, 11) is 0. The first kappa shape index (κ1) is 24.4. The maximum absolute atomic E-state index is 6.52. The quantitative estimate of drug-likeness (QED) is 0.188. The number of alkyl halides is 1. The highest BCUT2D eigenvalue weighted by Crippen LogP contribution is 2.43. The molecular formula is C34H20ClN3OS2. The lowest BCUT2D eigenvalue weighted by Crippen LogP contribution is -1.95. The molecule has 4 heterocycles. The molecule has 0 saturated heterocycles. The molecule has 4 aromatic heterocycles. The average molecular weight is 586 g/mol. The van der Waals surface area contributed by atoms with E-state index in [9.17, 15) is 0 Å². The predicted molar refractivity (Wildman–Crippen MR) is 172 cm³/mol. The van der Waals surface area contributed by atoms with Gasteiger partial charge in [-0.2, -0.15) is 0 Å². The fraction of sp³-hybridized carbons (Fsp3) is 0.0294. The van der Waals surface area contributed by atoms with Crippen molar-refractivity contribution in [2.75, 3.05) is 0 Å². The topological polar surface area (TPSA) is 51.8 Å². The maximum Gasteiger partial charge on any atom is 0.163 e. The van der Waals surface area contributed by atoms with E-state index in [0.717, 1.165) is 31.6 Å². The second-order valence-electron chi connectivity index (χ2n) is 9.83. The number of thiophene rings is 2. The first-order chi connectivity index (χ1) is 20.2. The molecule has 0 spiro atoms. The zero-order valence-electron chi connectivity index (χ0n) is 21.5. The molecule has 0 N–H and O–H groups in total. The molecule has 0 atom stereocenters. The summed E-state index contributed by atoms with van der Waals surface area (Å²) < 4.78 is 5.29. The SMILES string of the molecule is ClCc1nc(-c2ccc(-c3ccc4ccccc4c3)s2)c2nonc2c1-c1ccc(-c2ccc3ccccc3c2)s1. The van der Waals surface area contributed by atoms with Gasteiger partial charge in [0.25, 0.3) is 0 Å². The van der Waals surface area contributed by atoms with Crippen molar-refractivity contribution in [3.8, 4) is 41.9 Å². The van der Waals surface area contributed by atoms with Gasteiger partial charge in [-0.3, -0.25) is 0 Å². The van der Waals surface area contributed by atoms with Gasteiger partial charge < -0.3 is 0 Å². The number of fused-ring (bicyclic) bond motifs is 3. The van der Waals surface area contributed by atoms with Crippen molar-refractivity contribution in [3.05, 3.63) is 115 Å². The largest absolute Gasteiger partial charge is 0.247 e. The zero-order chi connectivity index (χ0) is 27.3. The lowest BCUT2D eigenvalue weighted by Gasteiger charge is -2.08. The molecule has 0 aliphatic heterocycles. The summed E-state index contributed by atoms with van der Waals surface area (Å²) >= 11 is 9.89. The van der Waals surface area contributed by atoms with Crippen LogP contribution < -0.4 is 0 Å². The van der Waals surface area contributed by atoms with Crippen LogP contribution in [0, 0.1) is 0 Å². The third-order valence-corrected chi connectivity index (χ3v) is 9.92. The molecule has 0 bridgehead atoms. The predicted octanol–water partition coefficient (Wildman–Crippen LogP) is 10.5. The van der Waals surface area contributed by atoms with Gasteiger partial charge in [0.1, 0.15) is 11.2 Å². The monoisotopic (exact) mass is 585 g/mol. The Kier molecular flexibility index (Phi) is 5.92. The average Bonchev–Trinajstić information content (AvgIpc) is 3.81. The second kappa shape index (κ2) is 9.93. The van der Waals surface area contributed by atoms with Crippen molar-refractivity contribution in [1.29, 1.82) is 0 Å². The van der Waals surface area contributed by atoms with Crippen LogP contribution in [0.3, 0.4) is 0 Å². The van der Waals surface area contributed by atoms with Gasteiger partial charge in [0, 0.05) is 20.2 Å². The van der Waals surface area contributed by atoms with Gasteiger partial charge in [-0.1, -0.05) is 72.8 Å². The van der Waals surface area contributed by atoms with Crippen LogP contribution in [0.1, 0.15) is 5.69 Å². The Hall–Kier alpha value is -4.36. The number of nitrogens with zero attached hydrogens (tertiary/aromatic N) is 3. The number of rotatable bonds is 5. The molecule has 41 heavy (non-hydrogen) atoms. The van der Waals surface area contributed by atoms with Crippen LogP contribution in [-0.4, -0.2) is 15.3 Å². The van der Waals surface area contributed by atoms with E-state index in [-0.39, 0.29) is 5.88 Å². The van der Waals surface area contributed by atoms with Gasteiger partial charge >= 0.3 is 0 Å². The molecule has 196 valence electrons. The van der Waals surface area contributed by atoms with Crippen molar-refractivity contribution in [1.82, 2.24) is 15.3 Å². The lowest BCUT2D eigenvalue weighted by atomic mass is 10.1. The third kappa shape index (κ3) is 4.23. The number of halogens is 1. The van der Waals surface area contributed by atoms with Gasteiger partial charge in [-0.05, 0) is 79.4 Å². The van der Waals surface area contributed by atoms with Crippen LogP contribution in [0.2, 0.25) is 0 Å². The standard InChI is InChI=1S/C34H20ClN3OS2/c35-19-26-31(29-15-13-27(40-29)24-11-9-20-5-1-3-7-22(20)17-24)33-34(38-39-37-33)32(36-26)30-16-14-28(41-30)25-12-10-21-6-2-4-8-23(21)18-25/h1-18H,19H2. The minimum absolute atomic E-state index is 0.247. The summed E-state index contributed by atoms with van der Waals surface area (Å²) in [6, 6.07) is 38.4. The minimum Gasteiger partial charge on any atom is -0.247 e. The number of hydrogen-bond donors (Lipinski definition) is 0. The summed E-state index contributed by atoms with van der Waals surface area (Å²) in [6.45, 7) is 0. The number of aromatic nitrogens is 3. The van der Waals surface area contributed by atoms with Gasteiger partial charge in [0.05, 0.1) is 16.5 Å². The van der Waals surface area contributed by atoms with Crippen LogP contribution in [0.5, 0.6) is 0 Å². The molecule has 0 aliphatic rings. The summed E-state index contributed by atoms with van der Waals surface area (Å²) in [5.41, 5.74) is 6.04. The summed E-state index contributed by atoms with van der Waals surface area (Å²) in [5, 5.41) is 13.5. The van der Waals surface area contributed by atoms with Crippen molar-refractivity contribution in [3.63, 3.8) is 0 Å². The third-order valence-electron chi connectivity index (χ3n) is 7.37. The minimum atomic E-state index is 0.247. The van der Waals surface area contributed by atoms with E-state index >= 15 is 0 Å². The van der Waals surface area contributed by atoms with Crippen LogP contribution in [0.15, 0.2) is 114 Å². The fourth-order valence-corrected chi connectivity index (χ4v) is 7.61. The Balaban J connectivity index is 1.20. The first-order valence-corrected chi connectivity index (χ1v) is 15.3. The van der Waals surface area contributed by atoms with E-state index in [2.05, 4.69) is 120 Å². The number of benzene rings is 4.